The summed E-state index contributed by atoms with van der Waals surface area (Å²) in [5.74, 6) is -0.508. The number of nitrogens with one attached hydrogen (secondary N) is 1. The van der Waals surface area contributed by atoms with Crippen LogP contribution in [0.3, 0.4) is 0 Å². The molecule has 1 heterocycles. The van der Waals surface area contributed by atoms with Gasteiger partial charge in [0.1, 0.15) is 16.4 Å². The Morgan fingerprint density at radius 3 is 2.35 bits per heavy atom. The number of esters is 1. The van der Waals surface area contributed by atoms with E-state index in [1.165, 1.54) is 0 Å². The van der Waals surface area contributed by atoms with Gasteiger partial charge in [0.2, 0.25) is 0 Å². The lowest BCUT2D eigenvalue weighted by Crippen LogP contribution is -2.50. The number of carbonyl (C=O) groups excluding carboxylic acids is 3. The maximum Gasteiger partial charge on any atom is 0.326 e. The summed E-state index contributed by atoms with van der Waals surface area (Å²) in [6.45, 7) is 6.32. The van der Waals surface area contributed by atoms with Gasteiger partial charge >= 0.3 is 12.0 Å². The van der Waals surface area contributed by atoms with Crippen LogP contribution in [-0.4, -0.2) is 45.8 Å². The van der Waals surface area contributed by atoms with Crippen LogP contribution in [0.2, 0.25) is 0 Å². The molecular formula is C18H26Cl2N2O4. The highest BCUT2D eigenvalue weighted by atomic mass is 35.5. The zero-order chi connectivity index (χ0) is 19.3. The first-order valence-electron chi connectivity index (χ1n) is 9.12. The van der Waals surface area contributed by atoms with Gasteiger partial charge in [0.15, 0.2) is 0 Å². The van der Waals surface area contributed by atoms with E-state index in [0.717, 1.165) is 17.7 Å². The van der Waals surface area contributed by atoms with Crippen molar-refractivity contribution in [2.75, 3.05) is 13.2 Å². The molecule has 0 radical (unpaired) electrons. The molecule has 1 aliphatic heterocycles. The van der Waals surface area contributed by atoms with E-state index >= 15 is 0 Å². The smallest absolute Gasteiger partial charge is 0.326 e. The van der Waals surface area contributed by atoms with Crippen molar-refractivity contribution in [2.45, 2.75) is 62.7 Å². The van der Waals surface area contributed by atoms with Gasteiger partial charge in [0, 0.05) is 5.92 Å². The Morgan fingerprint density at radius 1 is 1.27 bits per heavy atom. The molecule has 0 aromatic heterocycles. The number of halogens is 2. The van der Waals surface area contributed by atoms with Crippen molar-refractivity contribution >= 4 is 41.1 Å². The van der Waals surface area contributed by atoms with Gasteiger partial charge in [-0.05, 0) is 43.4 Å². The van der Waals surface area contributed by atoms with Gasteiger partial charge in [-0.2, -0.15) is 0 Å². The minimum atomic E-state index is -0.864. The molecule has 3 rings (SSSR count). The van der Waals surface area contributed by atoms with E-state index in [1.807, 2.05) is 0 Å². The average molecular weight is 405 g/mol. The Kier molecular flexibility index (Phi) is 4.98. The van der Waals surface area contributed by atoms with Gasteiger partial charge in [0.05, 0.1) is 6.61 Å². The molecule has 6 nitrogen and oxygen atoms in total. The lowest BCUT2D eigenvalue weighted by Gasteiger charge is -2.40. The van der Waals surface area contributed by atoms with Crippen LogP contribution in [0.4, 0.5) is 4.79 Å². The van der Waals surface area contributed by atoms with Crippen molar-refractivity contribution < 1.29 is 19.1 Å². The third kappa shape index (κ3) is 3.81. The quantitative estimate of drug-likeness (QED) is 0.443. The fourth-order valence-corrected chi connectivity index (χ4v) is 4.45. The highest BCUT2D eigenvalue weighted by Crippen LogP contribution is 2.53. The maximum absolute atomic E-state index is 12.8. The van der Waals surface area contributed by atoms with Crippen molar-refractivity contribution in [3.05, 3.63) is 0 Å². The molecule has 1 N–H and O–H groups in total. The van der Waals surface area contributed by atoms with Gasteiger partial charge in [-0.1, -0.05) is 20.8 Å². The summed E-state index contributed by atoms with van der Waals surface area (Å²) < 4.78 is 4.29. The SMILES string of the molecule is CC(C)(C)C1CCC2(CC1)NC(=O)N(CC(=O)OC[C@H]1CC1(Cl)Cl)C2=O. The Balaban J connectivity index is 1.55. The minimum Gasteiger partial charge on any atom is -0.464 e. The molecule has 2 saturated carbocycles. The number of nitrogens with zero attached hydrogens (tertiary/aromatic N) is 1. The molecule has 0 unspecified atom stereocenters. The summed E-state index contributed by atoms with van der Waals surface area (Å²) in [5.41, 5.74) is -0.684. The second-order valence-electron chi connectivity index (χ2n) is 8.89. The van der Waals surface area contributed by atoms with Gasteiger partial charge in [0.25, 0.3) is 5.91 Å². The van der Waals surface area contributed by atoms with Crippen LogP contribution < -0.4 is 5.32 Å². The predicted octanol–water partition coefficient (Wildman–Crippen LogP) is 3.25. The van der Waals surface area contributed by atoms with Gasteiger partial charge in [-0.3, -0.25) is 14.5 Å². The second kappa shape index (κ2) is 6.55. The third-order valence-corrected chi connectivity index (χ3v) is 6.92. The van der Waals surface area contributed by atoms with E-state index in [2.05, 4.69) is 26.1 Å². The maximum atomic E-state index is 12.8. The van der Waals surface area contributed by atoms with Gasteiger partial charge < -0.3 is 10.1 Å². The Hall–Kier alpha value is -1.01. The van der Waals surface area contributed by atoms with Crippen LogP contribution in [0.5, 0.6) is 0 Å². The average Bonchev–Trinajstić information content (AvgIpc) is 3.09. The van der Waals surface area contributed by atoms with Crippen LogP contribution in [0.1, 0.15) is 52.9 Å². The molecule has 1 spiro atoms. The second-order valence-corrected chi connectivity index (χ2v) is 10.4. The largest absolute Gasteiger partial charge is 0.464 e. The summed E-state index contributed by atoms with van der Waals surface area (Å²) in [6, 6.07) is -0.517. The number of imide groups is 1. The molecule has 2 aliphatic carbocycles. The van der Waals surface area contributed by atoms with Crippen molar-refractivity contribution in [1.82, 2.24) is 10.2 Å². The van der Waals surface area contributed by atoms with Crippen LogP contribution >= 0.6 is 23.2 Å². The number of rotatable bonds is 4. The molecule has 3 amide bonds. The molecule has 1 atom stereocenters. The normalized spacial score (nSPS) is 33.3. The van der Waals surface area contributed by atoms with Crippen molar-refractivity contribution in [2.24, 2.45) is 17.3 Å². The molecule has 26 heavy (non-hydrogen) atoms. The lowest BCUT2D eigenvalue weighted by atomic mass is 9.67. The van der Waals surface area contributed by atoms with Gasteiger partial charge in [-0.15, -0.1) is 23.2 Å². The standard InChI is InChI=1S/C18H26Cl2N2O4/c1-16(2,3)11-4-6-17(7-5-11)14(24)22(15(25)21-17)9-13(23)26-10-12-8-18(12,19)20/h11-12H,4-10H2,1-3H3,(H,21,25)/t11?,12-,17?/m1/s1. The van der Waals surface area contributed by atoms with Crippen molar-refractivity contribution in [3.8, 4) is 0 Å². The minimum absolute atomic E-state index is 0.0862. The number of hydrogen-bond donors (Lipinski definition) is 1. The monoisotopic (exact) mass is 404 g/mol. The molecule has 0 aromatic carbocycles. The molecule has 3 fully saturated rings. The zero-order valence-corrected chi connectivity index (χ0v) is 17.0. The molecule has 8 heteroatoms. The Labute approximate surface area is 163 Å². The molecule has 146 valence electrons. The number of amides is 3. The van der Waals surface area contributed by atoms with E-state index < -0.39 is 21.9 Å². The summed E-state index contributed by atoms with van der Waals surface area (Å²) in [4.78, 5) is 38.1. The first kappa shape index (κ1) is 19.7. The van der Waals surface area contributed by atoms with E-state index in [4.69, 9.17) is 27.9 Å². The Bertz CT molecular complexity index is 621. The fourth-order valence-electron chi connectivity index (χ4n) is 3.95. The molecule has 3 aliphatic rings. The first-order valence-corrected chi connectivity index (χ1v) is 9.88. The highest BCUT2D eigenvalue weighted by molar-refractivity contribution is 6.50. The van der Waals surface area contributed by atoms with E-state index in [1.54, 1.807) is 0 Å². The first-order chi connectivity index (χ1) is 11.9. The number of urea groups is 1. The van der Waals surface area contributed by atoms with Crippen LogP contribution in [0.25, 0.3) is 0 Å². The summed E-state index contributed by atoms with van der Waals surface area (Å²) >= 11 is 11.8. The zero-order valence-electron chi connectivity index (χ0n) is 15.4. The van der Waals surface area contributed by atoms with E-state index in [0.29, 0.717) is 25.2 Å². The van der Waals surface area contributed by atoms with Crippen LogP contribution in [0.15, 0.2) is 0 Å². The van der Waals surface area contributed by atoms with Crippen LogP contribution in [0, 0.1) is 17.3 Å². The highest BCUT2D eigenvalue weighted by Gasteiger charge is 2.54. The predicted molar refractivity (Wildman–Crippen MR) is 97.9 cm³/mol. The third-order valence-electron chi connectivity index (χ3n) is 6.00. The number of ether oxygens (including phenoxy) is 1. The molecule has 1 saturated heterocycles. The topological polar surface area (TPSA) is 75.7 Å². The van der Waals surface area contributed by atoms with E-state index in [-0.39, 0.29) is 30.4 Å². The van der Waals surface area contributed by atoms with Gasteiger partial charge in [-0.25, -0.2) is 4.79 Å². The number of carbonyl (C=O) groups is 3. The fraction of sp³-hybridized carbons (Fsp3) is 0.833. The summed E-state index contributed by atoms with van der Waals surface area (Å²) in [6.07, 6.45) is 3.54. The van der Waals surface area contributed by atoms with Crippen LogP contribution in [-0.2, 0) is 14.3 Å². The number of hydrogen-bond acceptors (Lipinski definition) is 4. The molecule has 0 aromatic rings. The lowest BCUT2D eigenvalue weighted by molar-refractivity contribution is -0.148. The van der Waals surface area contributed by atoms with E-state index in [9.17, 15) is 14.4 Å². The summed E-state index contributed by atoms with van der Waals surface area (Å²) in [5, 5.41) is 2.82. The number of alkyl halides is 2. The molecule has 0 bridgehead atoms. The summed E-state index contributed by atoms with van der Waals surface area (Å²) in [7, 11) is 0. The Morgan fingerprint density at radius 2 is 1.85 bits per heavy atom. The molecular weight excluding hydrogens is 379 g/mol. The van der Waals surface area contributed by atoms with Crippen molar-refractivity contribution in [1.29, 1.82) is 0 Å². The van der Waals surface area contributed by atoms with Crippen molar-refractivity contribution in [3.63, 3.8) is 0 Å².